The van der Waals surface area contributed by atoms with Crippen molar-refractivity contribution in [3.63, 3.8) is 0 Å². The normalized spacial score (nSPS) is 10.5. The van der Waals surface area contributed by atoms with Gasteiger partial charge in [-0.3, -0.25) is 0 Å². The van der Waals surface area contributed by atoms with E-state index in [1.165, 1.54) is 0 Å². The van der Waals surface area contributed by atoms with E-state index in [1.54, 1.807) is 12.1 Å². The number of nitrogen functional groups attached to an aromatic ring is 2. The van der Waals surface area contributed by atoms with Gasteiger partial charge in [0, 0.05) is 11.8 Å². The smallest absolute Gasteiger partial charge is 0.145 e. The van der Waals surface area contributed by atoms with Crippen LogP contribution < -0.4 is 25.7 Å². The van der Waals surface area contributed by atoms with Gasteiger partial charge >= 0.3 is 0 Å². The van der Waals surface area contributed by atoms with E-state index >= 15 is 0 Å². The van der Waals surface area contributed by atoms with E-state index in [0.29, 0.717) is 29.5 Å². The summed E-state index contributed by atoms with van der Waals surface area (Å²) in [7, 11) is 0. The van der Waals surface area contributed by atoms with Crippen LogP contribution in [0.2, 0.25) is 0 Å². The molecule has 5 heteroatoms. The second-order valence-corrected chi connectivity index (χ2v) is 6.95. The Morgan fingerprint density at radius 1 is 0.581 bits per heavy atom. The van der Waals surface area contributed by atoms with Crippen LogP contribution in [0, 0.1) is 0 Å². The average molecular weight is 412 g/mol. The number of ether oxygens (including phenoxy) is 3. The molecule has 0 unspecified atom stereocenters. The molecule has 156 valence electrons. The zero-order chi connectivity index (χ0) is 21.6. The molecule has 0 fully saturated rings. The van der Waals surface area contributed by atoms with Gasteiger partial charge in [-0.25, -0.2) is 0 Å². The third-order valence-corrected chi connectivity index (χ3v) is 4.68. The number of nitrogens with two attached hydrogens (primary N) is 2. The van der Waals surface area contributed by atoms with Crippen molar-refractivity contribution < 1.29 is 14.2 Å². The Labute approximate surface area is 181 Å². The highest BCUT2D eigenvalue weighted by atomic mass is 16.5. The summed E-state index contributed by atoms with van der Waals surface area (Å²) < 4.78 is 17.3. The molecule has 0 amide bonds. The lowest BCUT2D eigenvalue weighted by molar-refractivity contribution is 0.340. The summed E-state index contributed by atoms with van der Waals surface area (Å²) in [6.07, 6.45) is 0. The van der Waals surface area contributed by atoms with Gasteiger partial charge in [0.15, 0.2) is 0 Å². The van der Waals surface area contributed by atoms with Crippen LogP contribution in [0.3, 0.4) is 0 Å². The Balaban J connectivity index is 1.43. The monoisotopic (exact) mass is 412 g/mol. The topological polar surface area (TPSA) is 79.7 Å². The molecule has 4 aromatic rings. The summed E-state index contributed by atoms with van der Waals surface area (Å²) in [5, 5.41) is 0. The fourth-order valence-corrected chi connectivity index (χ4v) is 3.10. The Morgan fingerprint density at radius 2 is 1.03 bits per heavy atom. The lowest BCUT2D eigenvalue weighted by Crippen LogP contribution is -1.97. The van der Waals surface area contributed by atoms with Crippen molar-refractivity contribution in [1.82, 2.24) is 0 Å². The van der Waals surface area contributed by atoms with E-state index in [0.717, 1.165) is 28.4 Å². The minimum atomic E-state index is 0.548. The maximum absolute atomic E-state index is 5.94. The van der Waals surface area contributed by atoms with Crippen molar-refractivity contribution in [2.24, 2.45) is 0 Å². The van der Waals surface area contributed by atoms with Crippen LogP contribution in [-0.2, 0) is 0 Å². The predicted molar refractivity (Wildman–Crippen MR) is 125 cm³/mol. The molecule has 0 bridgehead atoms. The predicted octanol–water partition coefficient (Wildman–Crippen LogP) is 6.50. The first-order valence-electron chi connectivity index (χ1n) is 10.0. The summed E-state index contributed by atoms with van der Waals surface area (Å²) >= 11 is 0. The molecule has 4 N–H and O–H groups in total. The Morgan fingerprint density at radius 3 is 1.55 bits per heavy atom. The quantitative estimate of drug-likeness (QED) is 0.339. The molecule has 0 radical (unpaired) electrons. The van der Waals surface area contributed by atoms with Crippen LogP contribution in [0.25, 0.3) is 11.1 Å². The molecule has 4 rings (SSSR count). The molecule has 0 atom stereocenters. The van der Waals surface area contributed by atoms with Gasteiger partial charge in [-0.05, 0) is 78.7 Å². The molecule has 0 saturated heterocycles. The van der Waals surface area contributed by atoms with Gasteiger partial charge in [0.1, 0.15) is 28.7 Å². The van der Waals surface area contributed by atoms with Gasteiger partial charge in [-0.1, -0.05) is 24.3 Å². The SMILES string of the molecule is CCOc1cc(Oc2ccc(-c3ccc(Oc4ccc(N)cc4)cc3)cc2)ccc1N. The van der Waals surface area contributed by atoms with Gasteiger partial charge in [-0.2, -0.15) is 0 Å². The largest absolute Gasteiger partial charge is 0.492 e. The van der Waals surface area contributed by atoms with E-state index in [1.807, 2.05) is 85.8 Å². The molecule has 0 aliphatic heterocycles. The van der Waals surface area contributed by atoms with Gasteiger partial charge in [0.05, 0.1) is 12.3 Å². The van der Waals surface area contributed by atoms with E-state index in [2.05, 4.69) is 0 Å². The number of anilines is 2. The molecule has 31 heavy (non-hydrogen) atoms. The third-order valence-electron chi connectivity index (χ3n) is 4.68. The molecular formula is C26H24N2O3. The van der Waals surface area contributed by atoms with E-state index in [4.69, 9.17) is 25.7 Å². The number of rotatable bonds is 7. The molecule has 0 heterocycles. The molecule has 0 aliphatic rings. The highest BCUT2D eigenvalue weighted by Crippen LogP contribution is 2.32. The van der Waals surface area contributed by atoms with Crippen LogP contribution in [0.1, 0.15) is 6.92 Å². The van der Waals surface area contributed by atoms with Crippen molar-refractivity contribution in [2.75, 3.05) is 18.1 Å². The Kier molecular flexibility index (Phi) is 5.94. The van der Waals surface area contributed by atoms with Crippen LogP contribution in [-0.4, -0.2) is 6.61 Å². The van der Waals surface area contributed by atoms with Crippen LogP contribution in [0.15, 0.2) is 91.0 Å². The number of hydrogen-bond donors (Lipinski definition) is 2. The molecular weight excluding hydrogens is 388 g/mol. The molecule has 5 nitrogen and oxygen atoms in total. The highest BCUT2D eigenvalue weighted by molar-refractivity contribution is 5.65. The number of benzene rings is 4. The van der Waals surface area contributed by atoms with Crippen molar-refractivity contribution in [2.45, 2.75) is 6.92 Å². The zero-order valence-corrected chi connectivity index (χ0v) is 17.2. The lowest BCUT2D eigenvalue weighted by Gasteiger charge is -2.11. The maximum Gasteiger partial charge on any atom is 0.145 e. The summed E-state index contributed by atoms with van der Waals surface area (Å²) in [6, 6.07) is 28.6. The summed E-state index contributed by atoms with van der Waals surface area (Å²) in [5.74, 6) is 3.55. The zero-order valence-electron chi connectivity index (χ0n) is 17.2. The summed E-state index contributed by atoms with van der Waals surface area (Å²) in [5.41, 5.74) is 15.1. The highest BCUT2D eigenvalue weighted by Gasteiger charge is 2.05. The van der Waals surface area contributed by atoms with Gasteiger partial charge in [-0.15, -0.1) is 0 Å². The van der Waals surface area contributed by atoms with Crippen LogP contribution in [0.4, 0.5) is 11.4 Å². The van der Waals surface area contributed by atoms with Crippen molar-refractivity contribution >= 4 is 11.4 Å². The molecule has 0 spiro atoms. The number of hydrogen-bond acceptors (Lipinski definition) is 5. The summed E-state index contributed by atoms with van der Waals surface area (Å²) in [4.78, 5) is 0. The van der Waals surface area contributed by atoms with Gasteiger partial charge < -0.3 is 25.7 Å². The first-order chi connectivity index (χ1) is 15.1. The lowest BCUT2D eigenvalue weighted by atomic mass is 10.1. The van der Waals surface area contributed by atoms with Crippen molar-refractivity contribution in [3.05, 3.63) is 91.0 Å². The average Bonchev–Trinajstić information content (AvgIpc) is 2.79. The second kappa shape index (κ2) is 9.13. The van der Waals surface area contributed by atoms with Crippen LogP contribution in [0.5, 0.6) is 28.7 Å². The molecule has 0 aromatic heterocycles. The Hall–Kier alpha value is -4.12. The first-order valence-corrected chi connectivity index (χ1v) is 10.0. The standard InChI is InChI=1S/C26H24N2O3/c1-2-29-26-17-24(15-16-25(26)28)31-22-11-5-19(6-12-22)18-3-9-21(10-4-18)30-23-13-7-20(27)8-14-23/h3-17H,2,27-28H2,1H3. The van der Waals surface area contributed by atoms with E-state index < -0.39 is 0 Å². The van der Waals surface area contributed by atoms with Crippen LogP contribution >= 0.6 is 0 Å². The minimum Gasteiger partial charge on any atom is -0.492 e. The van der Waals surface area contributed by atoms with Gasteiger partial charge in [0.25, 0.3) is 0 Å². The molecule has 0 aliphatic carbocycles. The van der Waals surface area contributed by atoms with Crippen molar-refractivity contribution in [3.8, 4) is 39.9 Å². The summed E-state index contributed by atoms with van der Waals surface area (Å²) in [6.45, 7) is 2.47. The third kappa shape index (κ3) is 5.08. The fourth-order valence-electron chi connectivity index (χ4n) is 3.10. The second-order valence-electron chi connectivity index (χ2n) is 6.95. The first kappa shape index (κ1) is 20.2. The van der Waals surface area contributed by atoms with E-state index in [9.17, 15) is 0 Å². The van der Waals surface area contributed by atoms with E-state index in [-0.39, 0.29) is 0 Å². The fraction of sp³-hybridized carbons (Fsp3) is 0.0769. The van der Waals surface area contributed by atoms with Crippen molar-refractivity contribution in [1.29, 1.82) is 0 Å². The molecule has 4 aromatic carbocycles. The molecule has 0 saturated carbocycles. The van der Waals surface area contributed by atoms with Gasteiger partial charge in [0.2, 0.25) is 0 Å². The Bertz CT molecular complexity index is 1140. The minimum absolute atomic E-state index is 0.548. The maximum atomic E-state index is 5.94.